The maximum absolute atomic E-state index is 11.1. The molecule has 0 aliphatic heterocycles. The Hall–Kier alpha value is -2.02. The highest BCUT2D eigenvalue weighted by atomic mass is 35.5. The van der Waals surface area contributed by atoms with E-state index in [1.165, 1.54) is 10.9 Å². The van der Waals surface area contributed by atoms with Gasteiger partial charge in [-0.15, -0.1) is 5.10 Å². The first-order valence-corrected chi connectivity index (χ1v) is 6.08. The molecule has 0 spiro atoms. The third-order valence-electron chi connectivity index (χ3n) is 2.43. The van der Waals surface area contributed by atoms with Crippen LogP contribution < -0.4 is 0 Å². The summed E-state index contributed by atoms with van der Waals surface area (Å²) in [5, 5.41) is 22.8. The van der Waals surface area contributed by atoms with E-state index < -0.39 is 4.92 Å². The first-order valence-electron chi connectivity index (χ1n) is 5.70. The second-order valence-corrected chi connectivity index (χ2v) is 4.79. The number of rotatable bonds is 4. The van der Waals surface area contributed by atoms with Gasteiger partial charge in [-0.05, 0) is 18.1 Å². The molecule has 19 heavy (non-hydrogen) atoms. The monoisotopic (exact) mass is 281 g/mol. The molecule has 8 heteroatoms. The lowest BCUT2D eigenvalue weighted by Gasteiger charge is -1.99. The fourth-order valence-corrected chi connectivity index (χ4v) is 2.00. The topological polar surface area (TPSA) is 86.7 Å². The van der Waals surface area contributed by atoms with Crippen molar-refractivity contribution in [2.24, 2.45) is 5.92 Å². The van der Waals surface area contributed by atoms with Gasteiger partial charge in [-0.3, -0.25) is 10.1 Å². The molecular formula is C11H12ClN5O2. The molecule has 0 radical (unpaired) electrons. The normalized spacial score (nSPS) is 10.9. The summed E-state index contributed by atoms with van der Waals surface area (Å²) in [7, 11) is 0. The molecule has 0 aliphatic rings. The lowest BCUT2D eigenvalue weighted by atomic mass is 10.1. The first kappa shape index (κ1) is 13.4. The summed E-state index contributed by atoms with van der Waals surface area (Å²) in [6, 6.07) is 3.29. The zero-order chi connectivity index (χ0) is 14.0. The van der Waals surface area contributed by atoms with Crippen LogP contribution in [0.15, 0.2) is 18.3 Å². The number of hydrogen-bond acceptors (Lipinski definition) is 5. The van der Waals surface area contributed by atoms with E-state index in [-0.39, 0.29) is 16.8 Å². The maximum atomic E-state index is 11.1. The predicted molar refractivity (Wildman–Crippen MR) is 69.4 cm³/mol. The fourth-order valence-electron chi connectivity index (χ4n) is 1.69. The van der Waals surface area contributed by atoms with Crippen molar-refractivity contribution in [3.8, 4) is 5.82 Å². The molecule has 0 N–H and O–H groups in total. The average molecular weight is 282 g/mol. The highest BCUT2D eigenvalue weighted by Gasteiger charge is 2.28. The minimum atomic E-state index is -0.514. The van der Waals surface area contributed by atoms with Crippen LogP contribution in [0.4, 0.5) is 5.69 Å². The Morgan fingerprint density at radius 3 is 2.79 bits per heavy atom. The van der Waals surface area contributed by atoms with E-state index in [1.54, 1.807) is 12.1 Å². The second-order valence-electron chi connectivity index (χ2n) is 4.43. The van der Waals surface area contributed by atoms with Crippen molar-refractivity contribution >= 4 is 17.3 Å². The number of nitrogens with zero attached hydrogens (tertiary/aromatic N) is 5. The summed E-state index contributed by atoms with van der Waals surface area (Å²) < 4.78 is 1.24. The summed E-state index contributed by atoms with van der Waals surface area (Å²) in [6.45, 7) is 3.91. The zero-order valence-corrected chi connectivity index (χ0v) is 11.2. The van der Waals surface area contributed by atoms with Crippen LogP contribution in [0.25, 0.3) is 5.82 Å². The van der Waals surface area contributed by atoms with E-state index in [9.17, 15) is 10.1 Å². The van der Waals surface area contributed by atoms with Crippen LogP contribution >= 0.6 is 11.6 Å². The quantitative estimate of drug-likeness (QED) is 0.634. The number of hydrogen-bond donors (Lipinski definition) is 0. The van der Waals surface area contributed by atoms with Gasteiger partial charge in [0.1, 0.15) is 5.69 Å². The molecule has 0 unspecified atom stereocenters. The Morgan fingerprint density at radius 1 is 1.53 bits per heavy atom. The molecule has 7 nitrogen and oxygen atoms in total. The Labute approximate surface area is 114 Å². The molecule has 0 atom stereocenters. The third-order valence-corrected chi connectivity index (χ3v) is 2.77. The van der Waals surface area contributed by atoms with Crippen molar-refractivity contribution in [2.75, 3.05) is 0 Å². The van der Waals surface area contributed by atoms with E-state index in [4.69, 9.17) is 11.6 Å². The van der Waals surface area contributed by atoms with E-state index in [0.717, 1.165) is 0 Å². The first-order chi connectivity index (χ1) is 9.00. The van der Waals surface area contributed by atoms with Crippen LogP contribution in [0, 0.1) is 16.0 Å². The van der Waals surface area contributed by atoms with E-state index in [2.05, 4.69) is 15.3 Å². The molecule has 0 fully saturated rings. The van der Waals surface area contributed by atoms with E-state index in [0.29, 0.717) is 17.9 Å². The summed E-state index contributed by atoms with van der Waals surface area (Å²) in [6.07, 6.45) is 1.98. The fraction of sp³-hybridized carbons (Fsp3) is 0.364. The van der Waals surface area contributed by atoms with Gasteiger partial charge < -0.3 is 0 Å². The Bertz CT molecular complexity index is 597. The van der Waals surface area contributed by atoms with Crippen LogP contribution in [-0.2, 0) is 6.42 Å². The highest BCUT2D eigenvalue weighted by molar-refractivity contribution is 6.32. The molecule has 2 rings (SSSR count). The van der Waals surface area contributed by atoms with Crippen LogP contribution in [0.5, 0.6) is 0 Å². The largest absolute Gasteiger partial charge is 0.329 e. The van der Waals surface area contributed by atoms with Gasteiger partial charge in [-0.25, -0.2) is 0 Å². The van der Waals surface area contributed by atoms with Gasteiger partial charge in [0.15, 0.2) is 5.82 Å². The number of aromatic nitrogens is 4. The standard InChI is InChI=1S/C11H12ClN5O2/c1-7(2)6-8-10(17(18)19)11(12)16(15-8)9-4-3-5-13-14-9/h3-5,7H,6H2,1-2H3. The van der Waals surface area contributed by atoms with E-state index in [1.807, 2.05) is 13.8 Å². The lowest BCUT2D eigenvalue weighted by Crippen LogP contribution is -2.02. The van der Waals surface area contributed by atoms with Crippen molar-refractivity contribution < 1.29 is 4.92 Å². The number of nitro groups is 1. The van der Waals surface area contributed by atoms with Gasteiger partial charge in [0.25, 0.3) is 0 Å². The molecule has 0 bridgehead atoms. The van der Waals surface area contributed by atoms with Crippen LogP contribution in [0.3, 0.4) is 0 Å². The molecule has 0 amide bonds. The predicted octanol–water partition coefficient (Wildman–Crippen LogP) is 2.42. The second kappa shape index (κ2) is 5.31. The molecule has 2 heterocycles. The van der Waals surface area contributed by atoms with Gasteiger partial charge in [0, 0.05) is 12.6 Å². The van der Waals surface area contributed by atoms with Crippen molar-refractivity contribution in [1.29, 1.82) is 0 Å². The summed E-state index contributed by atoms with van der Waals surface area (Å²) >= 11 is 6.03. The molecule has 0 aliphatic carbocycles. The Kier molecular flexibility index (Phi) is 3.75. The van der Waals surface area contributed by atoms with E-state index >= 15 is 0 Å². The zero-order valence-electron chi connectivity index (χ0n) is 10.4. The van der Waals surface area contributed by atoms with Gasteiger partial charge in [-0.2, -0.15) is 14.9 Å². The summed E-state index contributed by atoms with van der Waals surface area (Å²) in [4.78, 5) is 10.6. The van der Waals surface area contributed by atoms with Crippen molar-refractivity contribution in [2.45, 2.75) is 20.3 Å². The molecule has 0 aromatic carbocycles. The highest BCUT2D eigenvalue weighted by Crippen LogP contribution is 2.31. The van der Waals surface area contributed by atoms with Crippen molar-refractivity contribution in [3.63, 3.8) is 0 Å². The van der Waals surface area contributed by atoms with Gasteiger partial charge in [0.2, 0.25) is 5.15 Å². The summed E-state index contributed by atoms with van der Waals surface area (Å²) in [5.41, 5.74) is 0.191. The van der Waals surface area contributed by atoms with Crippen molar-refractivity contribution in [3.05, 3.63) is 39.3 Å². The van der Waals surface area contributed by atoms with Crippen LogP contribution in [0.1, 0.15) is 19.5 Å². The van der Waals surface area contributed by atoms with Gasteiger partial charge >= 0.3 is 5.69 Å². The maximum Gasteiger partial charge on any atom is 0.329 e. The molecule has 2 aromatic rings. The lowest BCUT2D eigenvalue weighted by molar-refractivity contribution is -0.385. The minimum absolute atomic E-state index is 0.0545. The SMILES string of the molecule is CC(C)Cc1nn(-c2cccnn2)c(Cl)c1[N+](=O)[O-]. The average Bonchev–Trinajstić information content (AvgIpc) is 2.66. The summed E-state index contributed by atoms with van der Waals surface area (Å²) in [5.74, 6) is 0.589. The number of halogens is 1. The molecule has 100 valence electrons. The van der Waals surface area contributed by atoms with Gasteiger partial charge in [0.05, 0.1) is 4.92 Å². The smallest absolute Gasteiger partial charge is 0.258 e. The Balaban J connectivity index is 2.55. The molecule has 0 saturated heterocycles. The molecular weight excluding hydrogens is 270 g/mol. The van der Waals surface area contributed by atoms with Crippen molar-refractivity contribution in [1.82, 2.24) is 20.0 Å². The van der Waals surface area contributed by atoms with Crippen LogP contribution in [-0.4, -0.2) is 24.9 Å². The van der Waals surface area contributed by atoms with Crippen LogP contribution in [0.2, 0.25) is 5.15 Å². The molecule has 2 aromatic heterocycles. The third kappa shape index (κ3) is 2.70. The van der Waals surface area contributed by atoms with Gasteiger partial charge in [-0.1, -0.05) is 25.4 Å². The Morgan fingerprint density at radius 2 is 2.26 bits per heavy atom. The minimum Gasteiger partial charge on any atom is -0.258 e. The molecule has 0 saturated carbocycles.